The van der Waals surface area contributed by atoms with Gasteiger partial charge in [-0.05, 0) is 30.5 Å². The number of amides is 2. The summed E-state index contributed by atoms with van der Waals surface area (Å²) in [4.78, 5) is 24.0. The lowest BCUT2D eigenvalue weighted by Gasteiger charge is -2.14. The van der Waals surface area contributed by atoms with Crippen molar-refractivity contribution in [2.45, 2.75) is 13.3 Å². The normalized spacial score (nSPS) is 14.4. The smallest absolute Gasteiger partial charge is 0.253 e. The highest BCUT2D eigenvalue weighted by Gasteiger charge is 2.22. The maximum Gasteiger partial charge on any atom is 0.253 e. The summed E-state index contributed by atoms with van der Waals surface area (Å²) < 4.78 is 5.18. The molecule has 0 aromatic heterocycles. The second kappa shape index (κ2) is 5.04. The topological polar surface area (TPSA) is 46.6 Å². The standard InChI is InChI=1S/C14H15NO3/c1-10-9-11(3-4-12(10)18-2)7-8-15-13(16)5-6-14(15)17/h3-6,9H,7-8H2,1-2H3. The molecule has 4 heteroatoms. The molecule has 1 aromatic rings. The summed E-state index contributed by atoms with van der Waals surface area (Å²) in [6.07, 6.45) is 3.27. The second-order valence-electron chi connectivity index (χ2n) is 4.22. The first-order valence-corrected chi connectivity index (χ1v) is 5.79. The van der Waals surface area contributed by atoms with Gasteiger partial charge in [-0.1, -0.05) is 12.1 Å². The molecule has 0 N–H and O–H groups in total. The van der Waals surface area contributed by atoms with Crippen molar-refractivity contribution in [1.82, 2.24) is 4.90 Å². The van der Waals surface area contributed by atoms with Crippen LogP contribution in [0.25, 0.3) is 0 Å². The average Bonchev–Trinajstić information content (AvgIpc) is 2.67. The van der Waals surface area contributed by atoms with Crippen LogP contribution in [-0.2, 0) is 16.0 Å². The SMILES string of the molecule is COc1ccc(CCN2C(=O)C=CC2=O)cc1C. The van der Waals surface area contributed by atoms with E-state index < -0.39 is 0 Å². The Morgan fingerprint density at radius 3 is 2.39 bits per heavy atom. The van der Waals surface area contributed by atoms with Crippen LogP contribution in [0.4, 0.5) is 0 Å². The Kier molecular flexibility index (Phi) is 3.46. The minimum absolute atomic E-state index is 0.231. The number of imide groups is 1. The maximum atomic E-state index is 11.4. The Morgan fingerprint density at radius 2 is 1.83 bits per heavy atom. The first kappa shape index (κ1) is 12.4. The molecule has 2 rings (SSSR count). The van der Waals surface area contributed by atoms with Gasteiger partial charge >= 0.3 is 0 Å². The van der Waals surface area contributed by atoms with Crippen LogP contribution in [0, 0.1) is 6.92 Å². The van der Waals surface area contributed by atoms with Gasteiger partial charge in [0.1, 0.15) is 5.75 Å². The minimum Gasteiger partial charge on any atom is -0.496 e. The quantitative estimate of drug-likeness (QED) is 0.755. The molecule has 1 aromatic carbocycles. The molecule has 4 nitrogen and oxygen atoms in total. The van der Waals surface area contributed by atoms with Crippen molar-refractivity contribution in [3.8, 4) is 5.75 Å². The number of nitrogens with zero attached hydrogens (tertiary/aromatic N) is 1. The fraction of sp³-hybridized carbons (Fsp3) is 0.286. The number of hydrogen-bond donors (Lipinski definition) is 0. The van der Waals surface area contributed by atoms with Crippen LogP contribution < -0.4 is 4.74 Å². The highest BCUT2D eigenvalue weighted by molar-refractivity contribution is 6.12. The van der Waals surface area contributed by atoms with Crippen LogP contribution >= 0.6 is 0 Å². The first-order valence-electron chi connectivity index (χ1n) is 5.79. The predicted octanol–water partition coefficient (Wildman–Crippen LogP) is 1.47. The molecule has 0 radical (unpaired) electrons. The van der Waals surface area contributed by atoms with Crippen LogP contribution in [0.2, 0.25) is 0 Å². The zero-order valence-corrected chi connectivity index (χ0v) is 10.5. The third kappa shape index (κ3) is 2.42. The van der Waals surface area contributed by atoms with E-state index in [1.807, 2.05) is 25.1 Å². The van der Waals surface area contributed by atoms with Crippen molar-refractivity contribution in [2.24, 2.45) is 0 Å². The third-order valence-corrected chi connectivity index (χ3v) is 2.98. The Balaban J connectivity index is 2.00. The van der Waals surface area contributed by atoms with E-state index in [0.29, 0.717) is 13.0 Å². The Bertz CT molecular complexity index is 502. The van der Waals surface area contributed by atoms with Crippen molar-refractivity contribution >= 4 is 11.8 Å². The summed E-state index contributed by atoms with van der Waals surface area (Å²) >= 11 is 0. The monoisotopic (exact) mass is 245 g/mol. The molecule has 0 unspecified atom stereocenters. The summed E-state index contributed by atoms with van der Waals surface area (Å²) in [6, 6.07) is 5.86. The maximum absolute atomic E-state index is 11.4. The molecule has 1 aliphatic heterocycles. The van der Waals surface area contributed by atoms with Gasteiger partial charge in [0.2, 0.25) is 0 Å². The number of ether oxygens (including phenoxy) is 1. The van der Waals surface area contributed by atoms with Gasteiger partial charge < -0.3 is 4.74 Å². The Morgan fingerprint density at radius 1 is 1.17 bits per heavy atom. The molecule has 0 saturated heterocycles. The van der Waals surface area contributed by atoms with Gasteiger partial charge in [0.25, 0.3) is 11.8 Å². The number of hydrogen-bond acceptors (Lipinski definition) is 3. The van der Waals surface area contributed by atoms with Crippen LogP contribution in [0.15, 0.2) is 30.4 Å². The lowest BCUT2D eigenvalue weighted by atomic mass is 10.1. The van der Waals surface area contributed by atoms with Crippen molar-refractivity contribution in [1.29, 1.82) is 0 Å². The summed E-state index contributed by atoms with van der Waals surface area (Å²) in [6.45, 7) is 2.38. The second-order valence-corrected chi connectivity index (χ2v) is 4.22. The van der Waals surface area contributed by atoms with E-state index in [4.69, 9.17) is 4.74 Å². The van der Waals surface area contributed by atoms with E-state index in [9.17, 15) is 9.59 Å². The molecule has 0 bridgehead atoms. The molecule has 0 spiro atoms. The number of carbonyl (C=O) groups is 2. The van der Waals surface area contributed by atoms with Crippen LogP contribution in [0.3, 0.4) is 0 Å². The van der Waals surface area contributed by atoms with Crippen molar-refractivity contribution in [2.75, 3.05) is 13.7 Å². The molecular weight excluding hydrogens is 230 g/mol. The minimum atomic E-state index is -0.231. The van der Waals surface area contributed by atoms with Crippen LogP contribution in [0.1, 0.15) is 11.1 Å². The number of methoxy groups -OCH3 is 1. The summed E-state index contributed by atoms with van der Waals surface area (Å²) in [7, 11) is 1.63. The number of aryl methyl sites for hydroxylation is 1. The molecule has 1 heterocycles. The molecule has 2 amide bonds. The number of rotatable bonds is 4. The zero-order valence-electron chi connectivity index (χ0n) is 10.5. The predicted molar refractivity (Wildman–Crippen MR) is 67.3 cm³/mol. The van der Waals surface area contributed by atoms with Gasteiger partial charge in [0.05, 0.1) is 7.11 Å². The van der Waals surface area contributed by atoms with Crippen molar-refractivity contribution < 1.29 is 14.3 Å². The molecule has 94 valence electrons. The summed E-state index contributed by atoms with van der Waals surface area (Å²) in [5.41, 5.74) is 2.13. The van der Waals surface area contributed by atoms with Gasteiger partial charge in [-0.25, -0.2) is 0 Å². The fourth-order valence-corrected chi connectivity index (χ4v) is 1.99. The third-order valence-electron chi connectivity index (χ3n) is 2.98. The van der Waals surface area contributed by atoms with Gasteiger partial charge in [-0.3, -0.25) is 14.5 Å². The van der Waals surface area contributed by atoms with Crippen molar-refractivity contribution in [3.63, 3.8) is 0 Å². The van der Waals surface area contributed by atoms with E-state index in [1.54, 1.807) is 7.11 Å². The highest BCUT2D eigenvalue weighted by atomic mass is 16.5. The summed E-state index contributed by atoms with van der Waals surface area (Å²) in [5.74, 6) is 0.379. The highest BCUT2D eigenvalue weighted by Crippen LogP contribution is 2.19. The fourth-order valence-electron chi connectivity index (χ4n) is 1.99. The Hall–Kier alpha value is -2.10. The van der Waals surface area contributed by atoms with E-state index in [0.717, 1.165) is 16.9 Å². The van der Waals surface area contributed by atoms with Crippen LogP contribution in [-0.4, -0.2) is 30.4 Å². The summed E-state index contributed by atoms with van der Waals surface area (Å²) in [5, 5.41) is 0. The largest absolute Gasteiger partial charge is 0.496 e. The Labute approximate surface area is 106 Å². The molecule has 18 heavy (non-hydrogen) atoms. The first-order chi connectivity index (χ1) is 8.61. The van der Waals surface area contributed by atoms with E-state index in [1.165, 1.54) is 17.1 Å². The lowest BCUT2D eigenvalue weighted by molar-refractivity contribution is -0.136. The van der Waals surface area contributed by atoms with Gasteiger partial charge in [-0.15, -0.1) is 0 Å². The van der Waals surface area contributed by atoms with E-state index in [-0.39, 0.29) is 11.8 Å². The molecule has 0 atom stereocenters. The number of carbonyl (C=O) groups excluding carboxylic acids is 2. The lowest BCUT2D eigenvalue weighted by Crippen LogP contribution is -2.31. The molecular formula is C14H15NO3. The van der Waals surface area contributed by atoms with Gasteiger partial charge in [-0.2, -0.15) is 0 Å². The average molecular weight is 245 g/mol. The van der Waals surface area contributed by atoms with Gasteiger partial charge in [0.15, 0.2) is 0 Å². The van der Waals surface area contributed by atoms with Crippen LogP contribution in [0.5, 0.6) is 5.75 Å². The number of benzene rings is 1. The molecule has 0 aliphatic carbocycles. The molecule has 0 saturated carbocycles. The zero-order chi connectivity index (χ0) is 13.1. The van der Waals surface area contributed by atoms with Crippen molar-refractivity contribution in [3.05, 3.63) is 41.5 Å². The molecule has 1 aliphatic rings. The molecule has 0 fully saturated rings. The van der Waals surface area contributed by atoms with E-state index >= 15 is 0 Å². The van der Waals surface area contributed by atoms with E-state index in [2.05, 4.69) is 0 Å². The van der Waals surface area contributed by atoms with Gasteiger partial charge in [0, 0.05) is 18.7 Å².